The fourth-order valence-corrected chi connectivity index (χ4v) is 1.71. The molecule has 2 aromatic rings. The van der Waals surface area contributed by atoms with Gasteiger partial charge < -0.3 is 10.1 Å². The first-order chi connectivity index (χ1) is 9.78. The van der Waals surface area contributed by atoms with Crippen molar-refractivity contribution in [2.45, 2.75) is 26.5 Å². The van der Waals surface area contributed by atoms with Gasteiger partial charge in [-0.1, -0.05) is 37.3 Å². The molecule has 0 saturated carbocycles. The van der Waals surface area contributed by atoms with Crippen molar-refractivity contribution >= 4 is 5.91 Å². The summed E-state index contributed by atoms with van der Waals surface area (Å²) in [6, 6.07) is 11.7. The van der Waals surface area contributed by atoms with E-state index in [9.17, 15) is 4.79 Å². The van der Waals surface area contributed by atoms with Crippen molar-refractivity contribution in [1.82, 2.24) is 15.1 Å². The number of nitrogens with zero attached hydrogens (tertiary/aromatic N) is 2. The van der Waals surface area contributed by atoms with Gasteiger partial charge in [-0.2, -0.15) is 0 Å². The van der Waals surface area contributed by atoms with Crippen molar-refractivity contribution in [2.24, 2.45) is 0 Å². The monoisotopic (exact) mass is 273 g/mol. The van der Waals surface area contributed by atoms with E-state index in [0.29, 0.717) is 19.0 Å². The minimum atomic E-state index is -0.0374. The molecule has 106 valence electrons. The molecular weight excluding hydrogens is 254 g/mol. The van der Waals surface area contributed by atoms with Gasteiger partial charge >= 0.3 is 0 Å². The molecule has 1 aromatic heterocycles. The average molecular weight is 273 g/mol. The van der Waals surface area contributed by atoms with Gasteiger partial charge in [0, 0.05) is 18.8 Å². The maximum absolute atomic E-state index is 11.5. The standard InChI is InChI=1S/C15H19N3O2/c1-2-9-16-14(19)11-18-10-8-15(17-18)20-12-13-6-4-3-5-7-13/h3-8,10H,2,9,11-12H2,1H3,(H,16,19). The van der Waals surface area contributed by atoms with Crippen LogP contribution >= 0.6 is 0 Å². The fraction of sp³-hybridized carbons (Fsp3) is 0.333. The Hall–Kier alpha value is -2.30. The van der Waals surface area contributed by atoms with Gasteiger partial charge in [-0.25, -0.2) is 0 Å². The molecular formula is C15H19N3O2. The van der Waals surface area contributed by atoms with Crippen LogP contribution in [0.15, 0.2) is 42.6 Å². The summed E-state index contributed by atoms with van der Waals surface area (Å²) >= 11 is 0. The molecule has 0 fully saturated rings. The van der Waals surface area contributed by atoms with E-state index in [1.807, 2.05) is 37.3 Å². The van der Waals surface area contributed by atoms with Gasteiger partial charge in [-0.3, -0.25) is 9.48 Å². The SMILES string of the molecule is CCCNC(=O)Cn1ccc(OCc2ccccc2)n1. The lowest BCUT2D eigenvalue weighted by Crippen LogP contribution is -2.28. The third-order valence-electron chi connectivity index (χ3n) is 2.72. The molecule has 5 heteroatoms. The lowest BCUT2D eigenvalue weighted by Gasteiger charge is -2.04. The molecule has 0 unspecified atom stereocenters. The van der Waals surface area contributed by atoms with Crippen LogP contribution in [0.3, 0.4) is 0 Å². The summed E-state index contributed by atoms with van der Waals surface area (Å²) in [4.78, 5) is 11.5. The van der Waals surface area contributed by atoms with Gasteiger partial charge in [0.25, 0.3) is 0 Å². The Morgan fingerprint density at radius 3 is 2.85 bits per heavy atom. The van der Waals surface area contributed by atoms with Gasteiger partial charge in [-0.15, -0.1) is 5.10 Å². The van der Waals surface area contributed by atoms with Crippen molar-refractivity contribution in [2.75, 3.05) is 6.54 Å². The number of rotatable bonds is 7. The number of aromatic nitrogens is 2. The third kappa shape index (κ3) is 4.42. The zero-order valence-corrected chi connectivity index (χ0v) is 11.6. The molecule has 0 atom stereocenters. The molecule has 1 amide bonds. The Morgan fingerprint density at radius 2 is 2.10 bits per heavy atom. The maximum Gasteiger partial charge on any atom is 0.241 e. The quantitative estimate of drug-likeness (QED) is 0.839. The van der Waals surface area contributed by atoms with E-state index in [1.165, 1.54) is 0 Å². The van der Waals surface area contributed by atoms with E-state index in [2.05, 4.69) is 10.4 Å². The second kappa shape index (κ2) is 7.33. The highest BCUT2D eigenvalue weighted by Crippen LogP contribution is 2.09. The van der Waals surface area contributed by atoms with E-state index in [1.54, 1.807) is 16.9 Å². The topological polar surface area (TPSA) is 56.2 Å². The Labute approximate surface area is 118 Å². The zero-order chi connectivity index (χ0) is 14.2. The first-order valence-electron chi connectivity index (χ1n) is 6.75. The highest BCUT2D eigenvalue weighted by molar-refractivity contribution is 5.75. The number of hydrogen-bond donors (Lipinski definition) is 1. The van der Waals surface area contributed by atoms with Crippen LogP contribution in [0.4, 0.5) is 0 Å². The van der Waals surface area contributed by atoms with Gasteiger partial charge in [0.05, 0.1) is 0 Å². The van der Waals surface area contributed by atoms with Crippen molar-refractivity contribution in [3.8, 4) is 5.88 Å². The van der Waals surface area contributed by atoms with E-state index < -0.39 is 0 Å². The molecule has 0 bridgehead atoms. The molecule has 0 spiro atoms. The first kappa shape index (κ1) is 14.1. The number of ether oxygens (including phenoxy) is 1. The summed E-state index contributed by atoms with van der Waals surface area (Å²) in [5.41, 5.74) is 1.09. The van der Waals surface area contributed by atoms with E-state index in [4.69, 9.17) is 4.74 Å². The van der Waals surface area contributed by atoms with Crippen LogP contribution in [0, 0.1) is 0 Å². The second-order valence-corrected chi connectivity index (χ2v) is 4.48. The number of carbonyl (C=O) groups is 1. The molecule has 1 N–H and O–H groups in total. The van der Waals surface area contributed by atoms with Crippen LogP contribution in [0.25, 0.3) is 0 Å². The Bertz CT molecular complexity index is 537. The Morgan fingerprint density at radius 1 is 1.30 bits per heavy atom. The summed E-state index contributed by atoms with van der Waals surface area (Å²) < 4.78 is 7.15. The Balaban J connectivity index is 1.81. The van der Waals surface area contributed by atoms with Crippen molar-refractivity contribution in [3.05, 3.63) is 48.2 Å². The second-order valence-electron chi connectivity index (χ2n) is 4.48. The number of hydrogen-bond acceptors (Lipinski definition) is 3. The zero-order valence-electron chi connectivity index (χ0n) is 11.6. The van der Waals surface area contributed by atoms with Crippen LogP contribution in [0.1, 0.15) is 18.9 Å². The fourth-order valence-electron chi connectivity index (χ4n) is 1.71. The largest absolute Gasteiger partial charge is 0.472 e. The molecule has 5 nitrogen and oxygen atoms in total. The minimum Gasteiger partial charge on any atom is -0.472 e. The molecule has 2 rings (SSSR count). The molecule has 1 aromatic carbocycles. The summed E-state index contributed by atoms with van der Waals surface area (Å²) in [7, 11) is 0. The minimum absolute atomic E-state index is 0.0374. The van der Waals surface area contributed by atoms with Crippen molar-refractivity contribution in [3.63, 3.8) is 0 Å². The summed E-state index contributed by atoms with van der Waals surface area (Å²) in [5, 5.41) is 7.01. The van der Waals surface area contributed by atoms with Crippen LogP contribution in [0.5, 0.6) is 5.88 Å². The highest BCUT2D eigenvalue weighted by Gasteiger charge is 2.05. The van der Waals surface area contributed by atoms with Gasteiger partial charge in [0.2, 0.25) is 11.8 Å². The molecule has 1 heterocycles. The number of carbonyl (C=O) groups excluding carboxylic acids is 1. The van der Waals surface area contributed by atoms with Crippen molar-refractivity contribution in [1.29, 1.82) is 0 Å². The third-order valence-corrected chi connectivity index (χ3v) is 2.72. The molecule has 0 saturated heterocycles. The van der Waals surface area contributed by atoms with Crippen LogP contribution in [-0.2, 0) is 17.9 Å². The summed E-state index contributed by atoms with van der Waals surface area (Å²) in [6.45, 7) is 3.40. The number of nitrogens with one attached hydrogen (secondary N) is 1. The van der Waals surface area contributed by atoms with E-state index >= 15 is 0 Å². The lowest BCUT2D eigenvalue weighted by atomic mass is 10.2. The van der Waals surface area contributed by atoms with Crippen LogP contribution in [-0.4, -0.2) is 22.2 Å². The van der Waals surface area contributed by atoms with E-state index in [-0.39, 0.29) is 12.5 Å². The summed E-state index contributed by atoms with van der Waals surface area (Å²) in [6.07, 6.45) is 2.67. The van der Waals surface area contributed by atoms with Crippen LogP contribution in [0.2, 0.25) is 0 Å². The number of amides is 1. The normalized spacial score (nSPS) is 10.2. The molecule has 0 aliphatic heterocycles. The first-order valence-corrected chi connectivity index (χ1v) is 6.75. The van der Waals surface area contributed by atoms with Crippen LogP contribution < -0.4 is 10.1 Å². The molecule has 0 radical (unpaired) electrons. The highest BCUT2D eigenvalue weighted by atomic mass is 16.5. The average Bonchev–Trinajstić information content (AvgIpc) is 2.91. The lowest BCUT2D eigenvalue weighted by molar-refractivity contribution is -0.121. The molecule has 0 aliphatic carbocycles. The summed E-state index contributed by atoms with van der Waals surface area (Å²) in [5.74, 6) is 0.488. The predicted octanol–water partition coefficient (Wildman–Crippen LogP) is 1.99. The Kier molecular flexibility index (Phi) is 5.17. The van der Waals surface area contributed by atoms with E-state index in [0.717, 1.165) is 12.0 Å². The molecule has 0 aliphatic rings. The maximum atomic E-state index is 11.5. The van der Waals surface area contributed by atoms with Gasteiger partial charge in [-0.05, 0) is 12.0 Å². The molecule has 20 heavy (non-hydrogen) atoms. The number of benzene rings is 1. The van der Waals surface area contributed by atoms with Crippen molar-refractivity contribution < 1.29 is 9.53 Å². The predicted molar refractivity (Wildman–Crippen MR) is 76.3 cm³/mol. The van der Waals surface area contributed by atoms with Gasteiger partial charge in [0.1, 0.15) is 13.2 Å². The smallest absolute Gasteiger partial charge is 0.241 e. The van der Waals surface area contributed by atoms with Gasteiger partial charge in [0.15, 0.2) is 0 Å².